The Morgan fingerprint density at radius 1 is 0.947 bits per heavy atom. The normalized spacial score (nSPS) is 12.3. The molecule has 0 aromatic heterocycles. The largest absolute Gasteiger partial charge is 0.504 e. The maximum atomic E-state index is 9.41. The lowest BCUT2D eigenvalue weighted by atomic mass is 10.1. The van der Waals surface area contributed by atoms with E-state index >= 15 is 0 Å². The molecular weight excluding hydrogens is 242 g/mol. The summed E-state index contributed by atoms with van der Waals surface area (Å²) in [6, 6.07) is 14.2. The van der Waals surface area contributed by atoms with Crippen LogP contribution in [0.2, 0.25) is 0 Å². The van der Waals surface area contributed by atoms with E-state index in [2.05, 4.69) is 5.32 Å². The van der Waals surface area contributed by atoms with Gasteiger partial charge in [-0.3, -0.25) is 0 Å². The van der Waals surface area contributed by atoms with Crippen LogP contribution in [0.1, 0.15) is 17.2 Å². The molecule has 0 aliphatic rings. The highest BCUT2D eigenvalue weighted by Crippen LogP contribution is 2.25. The Balaban J connectivity index is 2.02. The summed E-state index contributed by atoms with van der Waals surface area (Å²) in [6.07, 6.45) is 0. The summed E-state index contributed by atoms with van der Waals surface area (Å²) in [5, 5.41) is 31.3. The van der Waals surface area contributed by atoms with Crippen molar-refractivity contribution in [2.24, 2.45) is 0 Å². The molecule has 0 saturated carbocycles. The summed E-state index contributed by atoms with van der Waals surface area (Å²) in [7, 11) is 0. The van der Waals surface area contributed by atoms with Crippen LogP contribution in [0.5, 0.6) is 11.5 Å². The third kappa shape index (κ3) is 3.47. The molecule has 0 amide bonds. The third-order valence-corrected chi connectivity index (χ3v) is 2.98. The van der Waals surface area contributed by atoms with Crippen molar-refractivity contribution in [1.82, 2.24) is 5.32 Å². The molecule has 4 N–H and O–H groups in total. The Bertz CT molecular complexity index is 528. The highest BCUT2D eigenvalue weighted by Gasteiger charge is 2.09. The molecule has 19 heavy (non-hydrogen) atoms. The van der Waals surface area contributed by atoms with Gasteiger partial charge in [-0.2, -0.15) is 0 Å². The molecule has 4 nitrogen and oxygen atoms in total. The lowest BCUT2D eigenvalue weighted by Gasteiger charge is -2.16. The molecule has 0 heterocycles. The predicted molar refractivity (Wildman–Crippen MR) is 72.9 cm³/mol. The fraction of sp³-hybridized carbons (Fsp3) is 0.200. The van der Waals surface area contributed by atoms with Crippen LogP contribution in [0.15, 0.2) is 48.5 Å². The summed E-state index contributed by atoms with van der Waals surface area (Å²) in [4.78, 5) is 0. The van der Waals surface area contributed by atoms with Crippen LogP contribution < -0.4 is 5.32 Å². The molecule has 2 aromatic rings. The predicted octanol–water partition coefficient (Wildman–Crippen LogP) is 1.92. The molecular formula is C15H17NO3. The quantitative estimate of drug-likeness (QED) is 0.619. The van der Waals surface area contributed by atoms with E-state index in [1.807, 2.05) is 30.3 Å². The maximum Gasteiger partial charge on any atom is 0.157 e. The number of benzene rings is 2. The van der Waals surface area contributed by atoms with Crippen molar-refractivity contribution < 1.29 is 15.3 Å². The van der Waals surface area contributed by atoms with E-state index in [0.29, 0.717) is 6.54 Å². The highest BCUT2D eigenvalue weighted by molar-refractivity contribution is 5.40. The van der Waals surface area contributed by atoms with Crippen molar-refractivity contribution in [3.05, 3.63) is 59.7 Å². The number of phenolic OH excluding ortho intramolecular Hbond substituents is 2. The molecule has 4 heteroatoms. The van der Waals surface area contributed by atoms with Gasteiger partial charge in [0.05, 0.1) is 12.6 Å². The minimum atomic E-state index is -0.155. The standard InChI is InChI=1S/C15H17NO3/c17-10-13(12-4-2-1-3-5-12)16-9-11-6-7-14(18)15(19)8-11/h1-8,13,16-19H,9-10H2. The molecule has 1 atom stereocenters. The molecule has 0 saturated heterocycles. The molecule has 0 spiro atoms. The van der Waals surface area contributed by atoms with E-state index in [0.717, 1.165) is 11.1 Å². The number of hydrogen-bond acceptors (Lipinski definition) is 4. The second kappa shape index (κ2) is 6.22. The molecule has 0 fully saturated rings. The topological polar surface area (TPSA) is 72.7 Å². The summed E-state index contributed by atoms with van der Waals surface area (Å²) in [5.41, 5.74) is 1.85. The van der Waals surface area contributed by atoms with Crippen molar-refractivity contribution in [3.8, 4) is 11.5 Å². The first-order chi connectivity index (χ1) is 9.20. The van der Waals surface area contributed by atoms with Crippen LogP contribution in [-0.4, -0.2) is 21.9 Å². The third-order valence-electron chi connectivity index (χ3n) is 2.98. The van der Waals surface area contributed by atoms with Crippen molar-refractivity contribution in [1.29, 1.82) is 0 Å². The zero-order chi connectivity index (χ0) is 13.7. The lowest BCUT2D eigenvalue weighted by Crippen LogP contribution is -2.23. The van der Waals surface area contributed by atoms with Crippen LogP contribution in [0, 0.1) is 0 Å². The Kier molecular flexibility index (Phi) is 4.39. The summed E-state index contributed by atoms with van der Waals surface area (Å²) >= 11 is 0. The van der Waals surface area contributed by atoms with Crippen LogP contribution in [0.3, 0.4) is 0 Å². The Morgan fingerprint density at radius 3 is 2.32 bits per heavy atom. The van der Waals surface area contributed by atoms with Crippen LogP contribution in [0.25, 0.3) is 0 Å². The van der Waals surface area contributed by atoms with E-state index in [1.54, 1.807) is 6.07 Å². The van der Waals surface area contributed by atoms with Crippen LogP contribution in [0.4, 0.5) is 0 Å². The molecule has 1 unspecified atom stereocenters. The highest BCUT2D eigenvalue weighted by atomic mass is 16.3. The Morgan fingerprint density at radius 2 is 1.68 bits per heavy atom. The van der Waals surface area contributed by atoms with Gasteiger partial charge in [0.15, 0.2) is 11.5 Å². The zero-order valence-electron chi connectivity index (χ0n) is 10.5. The van der Waals surface area contributed by atoms with Gasteiger partial charge >= 0.3 is 0 Å². The first-order valence-corrected chi connectivity index (χ1v) is 6.10. The first-order valence-electron chi connectivity index (χ1n) is 6.10. The fourth-order valence-electron chi connectivity index (χ4n) is 1.89. The summed E-state index contributed by atoms with van der Waals surface area (Å²) in [5.74, 6) is -0.273. The second-order valence-corrected chi connectivity index (χ2v) is 4.35. The minimum Gasteiger partial charge on any atom is -0.504 e. The average molecular weight is 259 g/mol. The smallest absolute Gasteiger partial charge is 0.157 e. The van der Waals surface area contributed by atoms with Gasteiger partial charge in [-0.05, 0) is 23.3 Å². The average Bonchev–Trinajstić information content (AvgIpc) is 2.44. The number of rotatable bonds is 5. The van der Waals surface area contributed by atoms with Gasteiger partial charge in [0.2, 0.25) is 0 Å². The number of nitrogens with one attached hydrogen (secondary N) is 1. The minimum absolute atomic E-state index is 0.00587. The second-order valence-electron chi connectivity index (χ2n) is 4.35. The van der Waals surface area contributed by atoms with E-state index in [4.69, 9.17) is 0 Å². The van der Waals surface area contributed by atoms with E-state index in [-0.39, 0.29) is 24.1 Å². The zero-order valence-corrected chi connectivity index (χ0v) is 10.5. The van der Waals surface area contributed by atoms with Gasteiger partial charge < -0.3 is 20.6 Å². The van der Waals surface area contributed by atoms with Gasteiger partial charge in [0.1, 0.15) is 0 Å². The van der Waals surface area contributed by atoms with Crippen LogP contribution in [-0.2, 0) is 6.54 Å². The molecule has 0 bridgehead atoms. The number of aromatic hydroxyl groups is 2. The summed E-state index contributed by atoms with van der Waals surface area (Å²) < 4.78 is 0. The number of phenols is 2. The van der Waals surface area contributed by atoms with Gasteiger partial charge in [-0.25, -0.2) is 0 Å². The van der Waals surface area contributed by atoms with Gasteiger partial charge in [0.25, 0.3) is 0 Å². The first kappa shape index (κ1) is 13.4. The molecule has 0 aliphatic heterocycles. The number of aliphatic hydroxyl groups is 1. The SMILES string of the molecule is OCC(NCc1ccc(O)c(O)c1)c1ccccc1. The van der Waals surface area contributed by atoms with Gasteiger partial charge in [0, 0.05) is 6.54 Å². The Labute approximate surface area is 112 Å². The van der Waals surface area contributed by atoms with E-state index < -0.39 is 0 Å². The van der Waals surface area contributed by atoms with Crippen molar-refractivity contribution in [3.63, 3.8) is 0 Å². The number of aliphatic hydroxyl groups excluding tert-OH is 1. The van der Waals surface area contributed by atoms with Crippen LogP contribution >= 0.6 is 0 Å². The number of hydrogen-bond donors (Lipinski definition) is 4. The van der Waals surface area contributed by atoms with Crippen molar-refractivity contribution in [2.75, 3.05) is 6.61 Å². The maximum absolute atomic E-state index is 9.41. The van der Waals surface area contributed by atoms with Crippen molar-refractivity contribution in [2.45, 2.75) is 12.6 Å². The molecule has 0 radical (unpaired) electrons. The summed E-state index contributed by atoms with van der Waals surface area (Å²) in [6.45, 7) is 0.488. The van der Waals surface area contributed by atoms with Gasteiger partial charge in [-0.1, -0.05) is 36.4 Å². The lowest BCUT2D eigenvalue weighted by molar-refractivity contribution is 0.243. The van der Waals surface area contributed by atoms with Crippen molar-refractivity contribution >= 4 is 0 Å². The fourth-order valence-corrected chi connectivity index (χ4v) is 1.89. The van der Waals surface area contributed by atoms with E-state index in [1.165, 1.54) is 12.1 Å². The molecule has 2 aromatic carbocycles. The molecule has 100 valence electrons. The monoisotopic (exact) mass is 259 g/mol. The van der Waals surface area contributed by atoms with Gasteiger partial charge in [-0.15, -0.1) is 0 Å². The molecule has 0 aliphatic carbocycles. The Hall–Kier alpha value is -2.04. The van der Waals surface area contributed by atoms with E-state index in [9.17, 15) is 15.3 Å². The molecule has 2 rings (SSSR count).